The molecule has 0 aromatic heterocycles. The average Bonchev–Trinajstić information content (AvgIpc) is 3.34. The van der Waals surface area contributed by atoms with Gasteiger partial charge in [-0.05, 0) is 79.8 Å². The van der Waals surface area contributed by atoms with Crippen LogP contribution in [0.15, 0.2) is 42.0 Å². The summed E-state index contributed by atoms with van der Waals surface area (Å²) in [6.07, 6.45) is 7.15. The van der Waals surface area contributed by atoms with Crippen LogP contribution in [0.4, 0.5) is 0 Å². The molecule has 4 aliphatic rings. The molecule has 10 nitrogen and oxygen atoms in total. The predicted molar refractivity (Wildman–Crippen MR) is 166 cm³/mol. The van der Waals surface area contributed by atoms with Crippen molar-refractivity contribution in [3.05, 3.63) is 47.5 Å². The van der Waals surface area contributed by atoms with Crippen LogP contribution in [0.1, 0.15) is 96.6 Å². The van der Waals surface area contributed by atoms with E-state index in [1.165, 1.54) is 19.6 Å². The lowest BCUT2D eigenvalue weighted by atomic mass is 9.46. The van der Waals surface area contributed by atoms with Gasteiger partial charge in [0, 0.05) is 25.2 Å². The van der Waals surface area contributed by atoms with E-state index < -0.39 is 53.3 Å². The molecule has 0 unspecified atom stereocenters. The van der Waals surface area contributed by atoms with Gasteiger partial charge in [0.05, 0.1) is 13.5 Å². The predicted octanol–water partition coefficient (Wildman–Crippen LogP) is 4.74. The maximum Gasteiger partial charge on any atom is 0.333 e. The summed E-state index contributed by atoms with van der Waals surface area (Å²) in [7, 11) is 1.22. The number of fused-ring (bicyclic) bond motifs is 5. The summed E-state index contributed by atoms with van der Waals surface area (Å²) in [5, 5.41) is 2.59. The maximum absolute atomic E-state index is 14.0. The van der Waals surface area contributed by atoms with Crippen molar-refractivity contribution < 1.29 is 43.0 Å². The molecule has 1 amide bonds. The SMILES string of the molecule is COC(=O)[C@H](NC(=O)CCC(=O)OCC(=O)[C@@]1(OC(C)=O)CC[C@H]2[C@@H]3CCC4=CC(=O)CC[C@]4(C)[C@H]3CC[C@@]21C)c1ccccc1. The van der Waals surface area contributed by atoms with E-state index in [4.69, 9.17) is 14.2 Å². The van der Waals surface area contributed by atoms with Crippen LogP contribution in [-0.4, -0.2) is 54.7 Å². The molecule has 3 saturated carbocycles. The zero-order valence-corrected chi connectivity index (χ0v) is 27.2. The first kappa shape index (κ1) is 33.5. The van der Waals surface area contributed by atoms with Crippen molar-refractivity contribution in [1.29, 1.82) is 0 Å². The molecule has 0 spiro atoms. The van der Waals surface area contributed by atoms with Crippen molar-refractivity contribution in [2.45, 2.75) is 96.6 Å². The quantitative estimate of drug-likeness (QED) is 0.285. The van der Waals surface area contributed by atoms with Crippen molar-refractivity contribution in [3.63, 3.8) is 0 Å². The highest BCUT2D eigenvalue weighted by Gasteiger charge is 2.68. The molecule has 0 saturated heterocycles. The molecule has 3 fully saturated rings. The number of esters is 3. The Labute approximate surface area is 270 Å². The Morgan fingerprint density at radius 1 is 0.935 bits per heavy atom. The number of Topliss-reactive ketones (excluding diaryl/α,β-unsaturated/α-hetero) is 1. The second-order valence-electron chi connectivity index (χ2n) is 13.9. The van der Waals surface area contributed by atoms with E-state index in [1.54, 1.807) is 30.3 Å². The van der Waals surface area contributed by atoms with Crippen LogP contribution in [0.2, 0.25) is 0 Å². The zero-order valence-electron chi connectivity index (χ0n) is 27.2. The van der Waals surface area contributed by atoms with Gasteiger partial charge in [0.2, 0.25) is 11.7 Å². The lowest BCUT2D eigenvalue weighted by Gasteiger charge is -2.59. The number of allylic oxidation sites excluding steroid dienone is 1. The summed E-state index contributed by atoms with van der Waals surface area (Å²) in [6, 6.07) is 7.58. The third-order valence-corrected chi connectivity index (χ3v) is 11.6. The van der Waals surface area contributed by atoms with E-state index in [-0.39, 0.29) is 30.0 Å². The summed E-state index contributed by atoms with van der Waals surface area (Å²) in [5.74, 6) is -1.84. The number of ketones is 2. The number of carbonyl (C=O) groups is 6. The highest BCUT2D eigenvalue weighted by molar-refractivity contribution is 5.94. The second-order valence-corrected chi connectivity index (χ2v) is 13.9. The van der Waals surface area contributed by atoms with Crippen molar-refractivity contribution >= 4 is 35.4 Å². The third kappa shape index (κ3) is 6.02. The fourth-order valence-corrected chi connectivity index (χ4v) is 9.31. The number of ether oxygens (including phenoxy) is 3. The number of methoxy groups -OCH3 is 1. The molecule has 0 heterocycles. The van der Waals surface area contributed by atoms with Gasteiger partial charge in [0.1, 0.15) is 0 Å². The second kappa shape index (κ2) is 13.1. The Bertz CT molecular complexity index is 1440. The monoisotopic (exact) mass is 635 g/mol. The van der Waals surface area contributed by atoms with Crippen molar-refractivity contribution in [3.8, 4) is 0 Å². The molecular weight excluding hydrogens is 590 g/mol. The molecule has 0 aliphatic heterocycles. The minimum atomic E-state index is -1.41. The van der Waals surface area contributed by atoms with E-state index in [0.717, 1.165) is 32.1 Å². The number of hydrogen-bond donors (Lipinski definition) is 1. The molecule has 7 atom stereocenters. The van der Waals surface area contributed by atoms with Crippen molar-refractivity contribution in [2.75, 3.05) is 13.7 Å². The molecule has 10 heteroatoms. The van der Waals surface area contributed by atoms with E-state index >= 15 is 0 Å². The summed E-state index contributed by atoms with van der Waals surface area (Å²) in [6.45, 7) is 5.08. The van der Waals surface area contributed by atoms with Gasteiger partial charge in [-0.15, -0.1) is 0 Å². The van der Waals surface area contributed by atoms with Gasteiger partial charge in [-0.3, -0.25) is 24.0 Å². The van der Waals surface area contributed by atoms with Gasteiger partial charge < -0.3 is 19.5 Å². The summed E-state index contributed by atoms with van der Waals surface area (Å²) in [5.41, 5.74) is -0.262. The summed E-state index contributed by atoms with van der Waals surface area (Å²) in [4.78, 5) is 76.2. The first-order valence-corrected chi connectivity index (χ1v) is 16.4. The molecular formula is C36H45NO9. The van der Waals surface area contributed by atoms with Gasteiger partial charge in [-0.2, -0.15) is 0 Å². The smallest absolute Gasteiger partial charge is 0.333 e. The lowest BCUT2D eigenvalue weighted by Crippen LogP contribution is -2.59. The highest BCUT2D eigenvalue weighted by atomic mass is 16.6. The summed E-state index contributed by atoms with van der Waals surface area (Å²) < 4.78 is 16.2. The Morgan fingerprint density at radius 3 is 2.35 bits per heavy atom. The third-order valence-electron chi connectivity index (χ3n) is 11.6. The number of benzene rings is 1. The van der Waals surface area contributed by atoms with Crippen LogP contribution >= 0.6 is 0 Å². The molecule has 1 aromatic rings. The Balaban J connectivity index is 1.23. The molecule has 1 N–H and O–H groups in total. The molecule has 0 radical (unpaired) electrons. The minimum absolute atomic E-state index is 0.0331. The van der Waals surface area contributed by atoms with Gasteiger partial charge in [0.25, 0.3) is 0 Å². The summed E-state index contributed by atoms with van der Waals surface area (Å²) >= 11 is 0. The molecule has 248 valence electrons. The fourth-order valence-electron chi connectivity index (χ4n) is 9.31. The molecule has 0 bridgehead atoms. The average molecular weight is 636 g/mol. The van der Waals surface area contributed by atoms with Crippen LogP contribution in [0.5, 0.6) is 0 Å². The topological polar surface area (TPSA) is 142 Å². The number of amides is 1. The van der Waals surface area contributed by atoms with Crippen LogP contribution in [0.25, 0.3) is 0 Å². The van der Waals surface area contributed by atoms with E-state index in [1.807, 2.05) is 6.08 Å². The maximum atomic E-state index is 14.0. The molecule has 46 heavy (non-hydrogen) atoms. The fraction of sp³-hybridized carbons (Fsp3) is 0.611. The largest absolute Gasteiger partial charge is 0.467 e. The lowest BCUT2D eigenvalue weighted by molar-refractivity contribution is -0.191. The van der Waals surface area contributed by atoms with Crippen LogP contribution in [-0.2, 0) is 43.0 Å². The number of rotatable bonds is 10. The Morgan fingerprint density at radius 2 is 1.65 bits per heavy atom. The normalized spacial score (nSPS) is 32.0. The highest BCUT2D eigenvalue weighted by Crippen LogP contribution is 2.68. The van der Waals surface area contributed by atoms with E-state index in [0.29, 0.717) is 36.7 Å². The van der Waals surface area contributed by atoms with Crippen molar-refractivity contribution in [1.82, 2.24) is 5.32 Å². The standard InChI is InChI=1S/C36H45NO9/c1-22(38)46-36(19-16-28-26-11-10-24-20-25(39)14-17-34(24,2)27(26)15-18-35(28,36)3)29(40)21-45-31(42)13-12-30(41)37-32(33(43)44-4)23-8-6-5-7-9-23/h5-9,20,26-28,32H,10-19,21H2,1-4H3,(H,37,41)/t26-,27+,28+,32-,34+,35+,36+/m1/s1. The number of hydrogen-bond acceptors (Lipinski definition) is 9. The number of carbonyl (C=O) groups excluding carboxylic acids is 6. The molecule has 4 aliphatic carbocycles. The Kier molecular flexibility index (Phi) is 9.57. The van der Waals surface area contributed by atoms with Gasteiger partial charge in [-0.25, -0.2) is 4.79 Å². The van der Waals surface area contributed by atoms with Gasteiger partial charge in [-0.1, -0.05) is 49.8 Å². The van der Waals surface area contributed by atoms with Crippen LogP contribution < -0.4 is 5.32 Å². The first-order valence-electron chi connectivity index (χ1n) is 16.4. The molecule has 5 rings (SSSR count). The molecule has 1 aromatic carbocycles. The van der Waals surface area contributed by atoms with E-state index in [9.17, 15) is 28.8 Å². The van der Waals surface area contributed by atoms with Gasteiger partial charge >= 0.3 is 17.9 Å². The minimum Gasteiger partial charge on any atom is -0.467 e. The van der Waals surface area contributed by atoms with Gasteiger partial charge in [0.15, 0.2) is 24.0 Å². The Hall–Kier alpha value is -3.82. The van der Waals surface area contributed by atoms with Crippen molar-refractivity contribution in [2.24, 2.45) is 28.6 Å². The van der Waals surface area contributed by atoms with Crippen LogP contribution in [0.3, 0.4) is 0 Å². The zero-order chi connectivity index (χ0) is 33.3. The first-order chi connectivity index (χ1) is 21.8. The number of nitrogens with one attached hydrogen (secondary N) is 1. The van der Waals surface area contributed by atoms with Crippen LogP contribution in [0, 0.1) is 28.6 Å². The van der Waals surface area contributed by atoms with E-state index in [2.05, 4.69) is 19.2 Å².